The molecule has 1 fully saturated rings. The molecule has 1 amide bonds. The van der Waals surface area contributed by atoms with Gasteiger partial charge in [0.2, 0.25) is 5.91 Å². The number of unbranched alkanes of at least 4 members (excludes halogenated alkanes) is 42. The van der Waals surface area contributed by atoms with Crippen LogP contribution in [0.2, 0.25) is 0 Å². The minimum absolute atomic E-state index is 0.189. The Hall–Kier alpha value is -2.11. The summed E-state index contributed by atoms with van der Waals surface area (Å²) in [5.41, 5.74) is 0. The van der Waals surface area contributed by atoms with Crippen molar-refractivity contribution in [3.63, 3.8) is 0 Å². The molecule has 0 aromatic carbocycles. The van der Waals surface area contributed by atoms with Gasteiger partial charge in [0.05, 0.1) is 25.4 Å². The molecule has 7 atom stereocenters. The quantitative estimate of drug-likeness (QED) is 0.0261. The largest absolute Gasteiger partial charge is 0.394 e. The highest BCUT2D eigenvalue weighted by Crippen LogP contribution is 2.23. The minimum atomic E-state index is -1.58. The summed E-state index contributed by atoms with van der Waals surface area (Å²) in [5, 5.41) is 54.7. The molecule has 9 heteroatoms. The number of rotatable bonds is 60. The number of hydrogen-bond donors (Lipinski definition) is 6. The molecule has 0 radical (unpaired) electrons. The maximum Gasteiger partial charge on any atom is 0.220 e. The van der Waals surface area contributed by atoms with Crippen LogP contribution in [0, 0.1) is 0 Å². The van der Waals surface area contributed by atoms with Crippen LogP contribution >= 0.6 is 0 Å². The van der Waals surface area contributed by atoms with E-state index in [4.69, 9.17) is 9.47 Å². The number of carbonyl (C=O) groups is 1. The van der Waals surface area contributed by atoms with E-state index in [1.807, 2.05) is 6.08 Å². The lowest BCUT2D eigenvalue weighted by Gasteiger charge is -2.40. The van der Waals surface area contributed by atoms with Crippen LogP contribution < -0.4 is 5.32 Å². The van der Waals surface area contributed by atoms with Crippen molar-refractivity contribution in [3.05, 3.63) is 60.8 Å². The van der Waals surface area contributed by atoms with Crippen LogP contribution in [0.3, 0.4) is 0 Å². The number of allylic oxidation sites excluding steroid dienone is 9. The van der Waals surface area contributed by atoms with Gasteiger partial charge in [-0.15, -0.1) is 0 Å². The molecule has 1 aliphatic rings. The van der Waals surface area contributed by atoms with E-state index in [2.05, 4.69) is 67.8 Å². The molecule has 1 saturated heterocycles. The third kappa shape index (κ3) is 48.3. The average Bonchev–Trinajstić information content (AvgIpc) is 3.46. The van der Waals surface area contributed by atoms with E-state index in [9.17, 15) is 30.3 Å². The molecule has 0 aromatic heterocycles. The molecule has 0 spiro atoms. The molecule has 9 nitrogen and oxygen atoms in total. The zero-order valence-electron chi connectivity index (χ0n) is 52.3. The van der Waals surface area contributed by atoms with E-state index < -0.39 is 49.5 Å². The fourth-order valence-corrected chi connectivity index (χ4v) is 10.9. The Morgan fingerprint density at radius 3 is 1.12 bits per heavy atom. The topological polar surface area (TPSA) is 149 Å². The number of aliphatic hydroxyl groups excluding tert-OH is 5. The predicted molar refractivity (Wildman–Crippen MR) is 341 cm³/mol. The van der Waals surface area contributed by atoms with Crippen LogP contribution in [0.25, 0.3) is 0 Å². The van der Waals surface area contributed by atoms with E-state index in [0.29, 0.717) is 6.42 Å². The molecule has 1 heterocycles. The van der Waals surface area contributed by atoms with Gasteiger partial charge in [0.25, 0.3) is 0 Å². The SMILES string of the molecule is CCCCCCC/C=C\C/C=C\CCCCCCCCCCCCCCCC(=O)NC(COC1OC(CO)C(O)C(O)C1O)C(O)/C=C/CC/C=C/CC/C=C/CCCCCCCCCCCCCCCCCCCCCCCC. The van der Waals surface area contributed by atoms with Gasteiger partial charge in [0.15, 0.2) is 6.29 Å². The summed E-state index contributed by atoms with van der Waals surface area (Å²) in [6, 6.07) is -0.832. The normalized spacial score (nSPS) is 18.8. The van der Waals surface area contributed by atoms with Crippen LogP contribution in [0.15, 0.2) is 60.8 Å². The van der Waals surface area contributed by atoms with Gasteiger partial charge in [-0.2, -0.15) is 0 Å². The van der Waals surface area contributed by atoms with Crippen LogP contribution in [0.4, 0.5) is 0 Å². The first kappa shape index (κ1) is 75.9. The molecule has 1 rings (SSSR count). The first-order valence-corrected chi connectivity index (χ1v) is 34.5. The van der Waals surface area contributed by atoms with Gasteiger partial charge >= 0.3 is 0 Å². The molecule has 1 aliphatic heterocycles. The van der Waals surface area contributed by atoms with Gasteiger partial charge in [0.1, 0.15) is 24.4 Å². The summed E-state index contributed by atoms with van der Waals surface area (Å²) < 4.78 is 11.3. The van der Waals surface area contributed by atoms with Gasteiger partial charge in [-0.3, -0.25) is 4.79 Å². The number of ether oxygens (including phenoxy) is 2. The first-order chi connectivity index (χ1) is 39.3. The molecular formula is C71H131NO8. The Morgan fingerprint density at radius 1 is 0.425 bits per heavy atom. The summed E-state index contributed by atoms with van der Waals surface area (Å²) in [5.74, 6) is -0.189. The van der Waals surface area contributed by atoms with Crippen molar-refractivity contribution in [2.45, 2.75) is 371 Å². The third-order valence-electron chi connectivity index (χ3n) is 16.3. The molecule has 468 valence electrons. The monoisotopic (exact) mass is 1130 g/mol. The molecule has 0 aromatic rings. The number of carbonyl (C=O) groups excluding carboxylic acids is 1. The molecule has 80 heavy (non-hydrogen) atoms. The Kier molecular flexibility index (Phi) is 57.0. The van der Waals surface area contributed by atoms with Gasteiger partial charge in [-0.05, 0) is 77.0 Å². The Morgan fingerprint density at radius 2 is 0.750 bits per heavy atom. The maximum absolute atomic E-state index is 13.1. The van der Waals surface area contributed by atoms with Crippen molar-refractivity contribution in [2.24, 2.45) is 0 Å². The molecule has 7 unspecified atom stereocenters. The summed E-state index contributed by atoms with van der Waals surface area (Å²) in [7, 11) is 0. The fraction of sp³-hybridized carbons (Fsp3) is 0.845. The lowest BCUT2D eigenvalue weighted by atomic mass is 9.99. The second-order valence-corrected chi connectivity index (χ2v) is 24.0. The highest BCUT2D eigenvalue weighted by atomic mass is 16.7. The third-order valence-corrected chi connectivity index (χ3v) is 16.3. The second-order valence-electron chi connectivity index (χ2n) is 24.0. The second kappa shape index (κ2) is 60.0. The zero-order valence-corrected chi connectivity index (χ0v) is 52.3. The standard InChI is InChI=1S/C71H131NO8/c1-3-5-7-9-11-13-15-17-19-21-23-25-27-29-30-31-32-33-34-35-37-38-40-42-44-46-48-50-52-54-56-58-60-65(74)64(63-79-71-70(78)69(77)68(76)66(62-73)80-71)72-67(75)61-59-57-55-53-51-49-47-45-43-41-39-36-28-26-24-22-20-18-16-14-12-10-8-6-4-2/h16,18,22,24,42,44,50,52,58,60,64-66,68-71,73-74,76-78H,3-15,17,19-21,23,25-41,43,45-49,51,53-57,59,61-63H2,1-2H3,(H,72,75)/b18-16-,24-22-,44-42+,52-50+,60-58+. The van der Waals surface area contributed by atoms with Crippen molar-refractivity contribution < 1.29 is 39.8 Å². The van der Waals surface area contributed by atoms with E-state index in [-0.39, 0.29) is 12.5 Å². The summed E-state index contributed by atoms with van der Waals surface area (Å²) >= 11 is 0. The molecule has 0 aliphatic carbocycles. The average molecular weight is 1130 g/mol. The van der Waals surface area contributed by atoms with Crippen LogP contribution in [-0.4, -0.2) is 87.5 Å². The first-order valence-electron chi connectivity index (χ1n) is 34.5. The van der Waals surface area contributed by atoms with Crippen LogP contribution in [0.1, 0.15) is 328 Å². The molecule has 0 bridgehead atoms. The maximum atomic E-state index is 13.1. The van der Waals surface area contributed by atoms with E-state index >= 15 is 0 Å². The smallest absolute Gasteiger partial charge is 0.220 e. The van der Waals surface area contributed by atoms with E-state index in [1.165, 1.54) is 257 Å². The number of amides is 1. The van der Waals surface area contributed by atoms with Crippen molar-refractivity contribution in [1.82, 2.24) is 5.32 Å². The molecular weight excluding hydrogens is 995 g/mol. The molecule has 0 saturated carbocycles. The Bertz CT molecular complexity index is 1450. The number of aliphatic hydroxyl groups is 5. The van der Waals surface area contributed by atoms with Gasteiger partial charge in [0, 0.05) is 6.42 Å². The fourth-order valence-electron chi connectivity index (χ4n) is 10.9. The highest BCUT2D eigenvalue weighted by Gasteiger charge is 2.44. The van der Waals surface area contributed by atoms with E-state index in [1.54, 1.807) is 6.08 Å². The van der Waals surface area contributed by atoms with Gasteiger partial charge < -0.3 is 40.3 Å². The lowest BCUT2D eigenvalue weighted by molar-refractivity contribution is -0.302. The number of nitrogens with one attached hydrogen (secondary N) is 1. The lowest BCUT2D eigenvalue weighted by Crippen LogP contribution is -2.60. The van der Waals surface area contributed by atoms with Crippen molar-refractivity contribution in [2.75, 3.05) is 13.2 Å². The Balaban J connectivity index is 2.17. The van der Waals surface area contributed by atoms with Crippen LogP contribution in [0.5, 0.6) is 0 Å². The predicted octanol–water partition coefficient (Wildman–Crippen LogP) is 18.6. The van der Waals surface area contributed by atoms with Gasteiger partial charge in [-0.1, -0.05) is 306 Å². The zero-order chi connectivity index (χ0) is 57.9. The van der Waals surface area contributed by atoms with E-state index in [0.717, 1.165) is 51.4 Å². The highest BCUT2D eigenvalue weighted by molar-refractivity contribution is 5.76. The Labute approximate surface area is 494 Å². The number of hydrogen-bond acceptors (Lipinski definition) is 8. The van der Waals surface area contributed by atoms with Crippen LogP contribution in [-0.2, 0) is 14.3 Å². The van der Waals surface area contributed by atoms with Gasteiger partial charge in [-0.25, -0.2) is 0 Å². The van der Waals surface area contributed by atoms with Crippen molar-refractivity contribution in [1.29, 1.82) is 0 Å². The summed E-state index contributed by atoms with van der Waals surface area (Å²) in [4.78, 5) is 13.1. The summed E-state index contributed by atoms with van der Waals surface area (Å²) in [6.45, 7) is 3.79. The minimum Gasteiger partial charge on any atom is -0.394 e. The van der Waals surface area contributed by atoms with Crippen molar-refractivity contribution >= 4 is 5.91 Å². The summed E-state index contributed by atoms with van der Waals surface area (Å²) in [6.07, 6.45) is 76.1. The van der Waals surface area contributed by atoms with Crippen molar-refractivity contribution in [3.8, 4) is 0 Å². The molecule has 6 N–H and O–H groups in total.